The number of carbonyl (C=O) groups is 1. The minimum Gasteiger partial charge on any atom is -0.325 e. The third kappa shape index (κ3) is 3.93. The third-order valence-electron chi connectivity index (χ3n) is 5.31. The molecule has 1 N–H and O–H groups in total. The fraction of sp³-hybridized carbons (Fsp3) is 0.250. The highest BCUT2D eigenvalue weighted by atomic mass is 32.2. The molecule has 8 heteroatoms. The highest BCUT2D eigenvalue weighted by Crippen LogP contribution is 2.28. The summed E-state index contributed by atoms with van der Waals surface area (Å²) in [6.07, 6.45) is 1.65. The van der Waals surface area contributed by atoms with Crippen LogP contribution in [0.15, 0.2) is 65.1 Å². The second-order valence-electron chi connectivity index (χ2n) is 7.87. The maximum absolute atomic E-state index is 12.9. The number of aromatic nitrogens is 4. The van der Waals surface area contributed by atoms with Crippen LogP contribution < -0.4 is 10.9 Å². The summed E-state index contributed by atoms with van der Waals surface area (Å²) in [6, 6.07) is 13.4. The summed E-state index contributed by atoms with van der Waals surface area (Å²) in [4.78, 5) is 25.7. The van der Waals surface area contributed by atoms with E-state index in [-0.39, 0.29) is 17.2 Å². The van der Waals surface area contributed by atoms with Crippen molar-refractivity contribution in [3.05, 3.63) is 76.6 Å². The first-order valence-corrected chi connectivity index (χ1v) is 11.4. The maximum Gasteiger partial charge on any atom is 0.263 e. The highest BCUT2D eigenvalue weighted by Gasteiger charge is 2.18. The summed E-state index contributed by atoms with van der Waals surface area (Å²) in [5.74, 6) is 0.775. The number of rotatable bonds is 7. The van der Waals surface area contributed by atoms with Gasteiger partial charge in [0.25, 0.3) is 5.56 Å². The van der Waals surface area contributed by atoms with Crippen molar-refractivity contribution in [2.45, 2.75) is 38.4 Å². The van der Waals surface area contributed by atoms with Crippen LogP contribution in [0.3, 0.4) is 0 Å². The second kappa shape index (κ2) is 9.00. The van der Waals surface area contributed by atoms with E-state index in [1.165, 1.54) is 16.3 Å². The number of hydrogen-bond donors (Lipinski definition) is 1. The second-order valence-corrected chi connectivity index (χ2v) is 8.81. The molecule has 0 fully saturated rings. The number of amides is 1. The monoisotopic (exact) mass is 447 g/mol. The molecular weight excluding hydrogens is 422 g/mol. The first kappa shape index (κ1) is 21.8. The molecule has 0 radical (unpaired) electrons. The Balaban J connectivity index is 1.66. The molecule has 7 nitrogen and oxygen atoms in total. The van der Waals surface area contributed by atoms with Gasteiger partial charge < -0.3 is 5.32 Å². The predicted octanol–water partition coefficient (Wildman–Crippen LogP) is 4.39. The van der Waals surface area contributed by atoms with Crippen LogP contribution in [0.1, 0.15) is 30.9 Å². The molecule has 0 aliphatic carbocycles. The van der Waals surface area contributed by atoms with E-state index in [0.29, 0.717) is 34.3 Å². The predicted molar refractivity (Wildman–Crippen MR) is 130 cm³/mol. The minimum absolute atomic E-state index is 0.119. The smallest absolute Gasteiger partial charge is 0.263 e. The van der Waals surface area contributed by atoms with E-state index in [9.17, 15) is 9.59 Å². The summed E-state index contributed by atoms with van der Waals surface area (Å²) in [7, 11) is 0. The number of hydrogen-bond acceptors (Lipinski definition) is 5. The van der Waals surface area contributed by atoms with Gasteiger partial charge >= 0.3 is 0 Å². The number of fused-ring (bicyclic) bond motifs is 3. The number of nitrogens with zero attached hydrogens (tertiary/aromatic N) is 4. The summed E-state index contributed by atoms with van der Waals surface area (Å²) in [6.45, 7) is 10.3. The van der Waals surface area contributed by atoms with Crippen LogP contribution in [-0.2, 0) is 11.3 Å². The number of anilines is 1. The van der Waals surface area contributed by atoms with Gasteiger partial charge in [0.05, 0.1) is 16.7 Å². The van der Waals surface area contributed by atoms with Gasteiger partial charge in [-0.2, -0.15) is 0 Å². The lowest BCUT2D eigenvalue weighted by molar-refractivity contribution is -0.113. The molecule has 164 valence electrons. The van der Waals surface area contributed by atoms with Crippen LogP contribution in [-0.4, -0.2) is 30.8 Å². The van der Waals surface area contributed by atoms with E-state index >= 15 is 0 Å². The van der Waals surface area contributed by atoms with Gasteiger partial charge in [-0.05, 0) is 36.1 Å². The fourth-order valence-corrected chi connectivity index (χ4v) is 4.51. The largest absolute Gasteiger partial charge is 0.325 e. The molecule has 0 saturated carbocycles. The topological polar surface area (TPSA) is 81.3 Å². The molecule has 2 aromatic carbocycles. The summed E-state index contributed by atoms with van der Waals surface area (Å²) < 4.78 is 3.36. The summed E-state index contributed by atoms with van der Waals surface area (Å²) in [5, 5.41) is 12.7. The van der Waals surface area contributed by atoms with Crippen LogP contribution in [0.2, 0.25) is 0 Å². The van der Waals surface area contributed by atoms with Crippen LogP contribution in [0.5, 0.6) is 0 Å². The highest BCUT2D eigenvalue weighted by molar-refractivity contribution is 7.99. The van der Waals surface area contributed by atoms with Crippen LogP contribution >= 0.6 is 11.8 Å². The van der Waals surface area contributed by atoms with Crippen molar-refractivity contribution in [3.8, 4) is 0 Å². The molecule has 2 heterocycles. The van der Waals surface area contributed by atoms with E-state index in [0.717, 1.165) is 16.8 Å². The van der Waals surface area contributed by atoms with Crippen molar-refractivity contribution in [3.63, 3.8) is 0 Å². The van der Waals surface area contributed by atoms with Crippen molar-refractivity contribution in [1.29, 1.82) is 0 Å². The number of allylic oxidation sites excluding steroid dienone is 1. The van der Waals surface area contributed by atoms with Gasteiger partial charge in [0.1, 0.15) is 0 Å². The van der Waals surface area contributed by atoms with E-state index in [1.807, 2.05) is 47.7 Å². The molecule has 32 heavy (non-hydrogen) atoms. The van der Waals surface area contributed by atoms with E-state index in [4.69, 9.17) is 0 Å². The van der Waals surface area contributed by atoms with Crippen molar-refractivity contribution in [1.82, 2.24) is 19.2 Å². The molecular formula is C24H25N5O2S. The van der Waals surface area contributed by atoms with E-state index in [2.05, 4.69) is 35.9 Å². The van der Waals surface area contributed by atoms with Gasteiger partial charge in [-0.1, -0.05) is 62.0 Å². The van der Waals surface area contributed by atoms with Crippen molar-refractivity contribution in [2.75, 3.05) is 11.1 Å². The number of nitrogens with one attached hydrogen (secondary N) is 1. The first-order valence-electron chi connectivity index (χ1n) is 10.4. The minimum atomic E-state index is -0.143. The Bertz CT molecular complexity index is 1390. The van der Waals surface area contributed by atoms with E-state index in [1.54, 1.807) is 12.1 Å². The van der Waals surface area contributed by atoms with Crippen LogP contribution in [0.4, 0.5) is 5.69 Å². The Morgan fingerprint density at radius 1 is 1.19 bits per heavy atom. The van der Waals surface area contributed by atoms with Crippen LogP contribution in [0.25, 0.3) is 16.7 Å². The quantitative estimate of drug-likeness (QED) is 0.336. The molecule has 0 atom stereocenters. The molecule has 0 aliphatic heterocycles. The average Bonchev–Trinajstić information content (AvgIpc) is 3.20. The molecule has 0 unspecified atom stereocenters. The molecule has 4 rings (SSSR count). The van der Waals surface area contributed by atoms with Crippen molar-refractivity contribution in [2.24, 2.45) is 0 Å². The fourth-order valence-electron chi connectivity index (χ4n) is 3.77. The molecule has 0 bridgehead atoms. The van der Waals surface area contributed by atoms with Crippen molar-refractivity contribution < 1.29 is 4.79 Å². The Kier molecular flexibility index (Phi) is 6.14. The van der Waals surface area contributed by atoms with Gasteiger partial charge in [-0.15, -0.1) is 16.8 Å². The van der Waals surface area contributed by atoms with E-state index < -0.39 is 0 Å². The number of thioether (sulfide) groups is 1. The zero-order valence-corrected chi connectivity index (χ0v) is 19.1. The van der Waals surface area contributed by atoms with Gasteiger partial charge in [-0.3, -0.25) is 18.6 Å². The zero-order valence-electron chi connectivity index (χ0n) is 18.3. The number of benzene rings is 2. The molecule has 0 saturated heterocycles. The summed E-state index contributed by atoms with van der Waals surface area (Å²) in [5.41, 5.74) is 3.57. The molecule has 2 aromatic heterocycles. The third-order valence-corrected chi connectivity index (χ3v) is 6.24. The van der Waals surface area contributed by atoms with Gasteiger partial charge in [-0.25, -0.2) is 0 Å². The number of carbonyl (C=O) groups excluding carboxylic acids is 1. The number of aryl methyl sites for hydroxylation is 1. The zero-order chi connectivity index (χ0) is 22.8. The number of para-hydroxylation sites is 2. The Labute approximate surface area is 190 Å². The van der Waals surface area contributed by atoms with Gasteiger partial charge in [0.2, 0.25) is 11.7 Å². The lowest BCUT2D eigenvalue weighted by atomic mass is 9.98. The standard InChI is InChI=1S/C24H25N5O2S/c1-5-13-28-22(31)18-10-6-7-12-19(18)29-23(28)26-27-24(29)32-14-20(30)25-21-16(4)9-8-11-17(21)15(2)3/h5-12,15H,1,13-14H2,2-4H3,(H,25,30). The first-order chi connectivity index (χ1) is 15.4. The maximum atomic E-state index is 12.9. The molecule has 1 amide bonds. The Morgan fingerprint density at radius 3 is 2.72 bits per heavy atom. The lowest BCUT2D eigenvalue weighted by Crippen LogP contribution is -2.23. The molecule has 4 aromatic rings. The SMILES string of the molecule is C=CCn1c(=O)c2ccccc2n2c(SCC(=O)Nc3c(C)cccc3C(C)C)nnc12. The van der Waals surface area contributed by atoms with Crippen LogP contribution in [0, 0.1) is 6.92 Å². The Hall–Kier alpha value is -3.39. The average molecular weight is 448 g/mol. The normalized spacial score (nSPS) is 11.4. The Morgan fingerprint density at radius 2 is 1.97 bits per heavy atom. The van der Waals surface area contributed by atoms with Gasteiger partial charge in [0.15, 0.2) is 5.16 Å². The molecule has 0 spiro atoms. The molecule has 0 aliphatic rings. The van der Waals surface area contributed by atoms with Gasteiger partial charge in [0, 0.05) is 12.2 Å². The lowest BCUT2D eigenvalue weighted by Gasteiger charge is -2.16. The summed E-state index contributed by atoms with van der Waals surface area (Å²) >= 11 is 1.29. The van der Waals surface area contributed by atoms with Crippen molar-refractivity contribution >= 4 is 40.0 Å².